The number of hydrogen-bond donors (Lipinski definition) is 2. The number of thiophene rings is 1. The van der Waals surface area contributed by atoms with Gasteiger partial charge >= 0.3 is 0 Å². The van der Waals surface area contributed by atoms with Crippen LogP contribution in [0.2, 0.25) is 0 Å². The average molecular weight is 379 g/mol. The molecule has 0 atom stereocenters. The standard InChI is InChI=1S/C12H15BrN2O3S2/c1-2-9-3-4-10(19-9)7-15-20(16,17)11-5-8(6-14)18-12(11)13/h3-5,15H,2,6-7,14H2,1H3. The number of furan rings is 1. The van der Waals surface area contributed by atoms with Gasteiger partial charge in [-0.25, -0.2) is 13.1 Å². The number of hydrogen-bond acceptors (Lipinski definition) is 5. The molecule has 0 aromatic carbocycles. The Bertz CT molecular complexity index is 691. The maximum atomic E-state index is 12.2. The van der Waals surface area contributed by atoms with Gasteiger partial charge in [0.25, 0.3) is 0 Å². The van der Waals surface area contributed by atoms with Crippen LogP contribution >= 0.6 is 27.3 Å². The third-order valence-electron chi connectivity index (χ3n) is 2.70. The number of nitrogens with two attached hydrogens (primary N) is 1. The van der Waals surface area contributed by atoms with E-state index in [0.29, 0.717) is 5.76 Å². The van der Waals surface area contributed by atoms with Crippen LogP contribution in [0.5, 0.6) is 0 Å². The van der Waals surface area contributed by atoms with Crippen LogP contribution in [-0.4, -0.2) is 8.42 Å². The summed E-state index contributed by atoms with van der Waals surface area (Å²) in [5.74, 6) is 0.418. The highest BCUT2D eigenvalue weighted by atomic mass is 79.9. The number of nitrogens with one attached hydrogen (secondary N) is 1. The van der Waals surface area contributed by atoms with Gasteiger partial charge < -0.3 is 10.2 Å². The van der Waals surface area contributed by atoms with Gasteiger partial charge in [-0.05, 0) is 34.5 Å². The molecule has 0 fully saturated rings. The summed E-state index contributed by atoms with van der Waals surface area (Å²) in [5.41, 5.74) is 5.43. The fraction of sp³-hybridized carbons (Fsp3) is 0.333. The van der Waals surface area contributed by atoms with Crippen LogP contribution in [0.15, 0.2) is 32.2 Å². The molecule has 0 amide bonds. The molecule has 0 spiro atoms. The zero-order chi connectivity index (χ0) is 14.8. The fourth-order valence-corrected chi connectivity index (χ4v) is 4.62. The van der Waals surface area contributed by atoms with Crippen molar-refractivity contribution in [1.82, 2.24) is 4.72 Å². The van der Waals surface area contributed by atoms with Gasteiger partial charge in [0.15, 0.2) is 4.67 Å². The van der Waals surface area contributed by atoms with Crippen molar-refractivity contribution < 1.29 is 12.8 Å². The molecule has 2 aromatic rings. The van der Waals surface area contributed by atoms with Gasteiger partial charge in [0.2, 0.25) is 10.0 Å². The van der Waals surface area contributed by atoms with E-state index in [-0.39, 0.29) is 22.7 Å². The lowest BCUT2D eigenvalue weighted by molar-refractivity contribution is 0.483. The molecule has 0 aliphatic rings. The summed E-state index contributed by atoms with van der Waals surface area (Å²) in [6.45, 7) is 2.48. The van der Waals surface area contributed by atoms with E-state index in [4.69, 9.17) is 10.2 Å². The first-order valence-corrected chi connectivity index (χ1v) is 9.11. The van der Waals surface area contributed by atoms with Gasteiger partial charge in [0, 0.05) is 22.4 Å². The van der Waals surface area contributed by atoms with Crippen molar-refractivity contribution in [3.63, 3.8) is 0 Å². The van der Waals surface area contributed by atoms with Crippen molar-refractivity contribution in [2.45, 2.75) is 31.3 Å². The van der Waals surface area contributed by atoms with E-state index < -0.39 is 10.0 Å². The van der Waals surface area contributed by atoms with Gasteiger partial charge in [0.05, 0.1) is 6.54 Å². The molecular weight excluding hydrogens is 364 g/mol. The first-order valence-electron chi connectivity index (χ1n) is 6.01. The number of halogens is 1. The molecule has 8 heteroatoms. The quantitative estimate of drug-likeness (QED) is 0.808. The van der Waals surface area contributed by atoms with Crippen LogP contribution < -0.4 is 10.5 Å². The molecule has 0 saturated carbocycles. The van der Waals surface area contributed by atoms with Crippen LogP contribution in [0.1, 0.15) is 22.4 Å². The van der Waals surface area contributed by atoms with Gasteiger partial charge in [-0.2, -0.15) is 0 Å². The Morgan fingerprint density at radius 1 is 1.40 bits per heavy atom. The van der Waals surface area contributed by atoms with Gasteiger partial charge in [-0.3, -0.25) is 0 Å². The Morgan fingerprint density at radius 3 is 2.65 bits per heavy atom. The Morgan fingerprint density at radius 2 is 2.10 bits per heavy atom. The first-order chi connectivity index (χ1) is 9.46. The lowest BCUT2D eigenvalue weighted by Crippen LogP contribution is -2.22. The molecule has 3 N–H and O–H groups in total. The molecule has 110 valence electrons. The van der Waals surface area contributed by atoms with E-state index in [1.54, 1.807) is 11.3 Å². The summed E-state index contributed by atoms with van der Waals surface area (Å²) in [7, 11) is -3.62. The molecule has 0 saturated heterocycles. The Kier molecular flexibility index (Phi) is 5.03. The Hall–Kier alpha value is -0.670. The smallest absolute Gasteiger partial charge is 0.245 e. The SMILES string of the molecule is CCc1ccc(CNS(=O)(=O)c2cc(CN)oc2Br)s1. The van der Waals surface area contributed by atoms with E-state index in [0.717, 1.165) is 11.3 Å². The van der Waals surface area contributed by atoms with Crippen LogP contribution in [0.25, 0.3) is 0 Å². The molecule has 0 aliphatic heterocycles. The van der Waals surface area contributed by atoms with Crippen LogP contribution in [0.4, 0.5) is 0 Å². The minimum absolute atomic E-state index is 0.0743. The third-order valence-corrected chi connectivity index (χ3v) is 6.19. The average Bonchev–Trinajstić information content (AvgIpc) is 3.02. The monoisotopic (exact) mass is 378 g/mol. The van der Waals surface area contributed by atoms with Crippen molar-refractivity contribution in [2.75, 3.05) is 0 Å². The van der Waals surface area contributed by atoms with Gasteiger partial charge in [-0.15, -0.1) is 11.3 Å². The van der Waals surface area contributed by atoms with E-state index in [1.807, 2.05) is 12.1 Å². The summed E-state index contributed by atoms with van der Waals surface area (Å²) in [6, 6.07) is 5.37. The minimum atomic E-state index is -3.62. The second-order valence-corrected chi connectivity index (χ2v) is 7.81. The first kappa shape index (κ1) is 15.7. The second kappa shape index (κ2) is 6.40. The Balaban J connectivity index is 2.12. The molecule has 0 unspecified atom stereocenters. The van der Waals surface area contributed by atoms with Crippen LogP contribution in [0.3, 0.4) is 0 Å². The van der Waals surface area contributed by atoms with E-state index in [1.165, 1.54) is 10.9 Å². The molecular formula is C12H15BrN2O3S2. The number of rotatable bonds is 6. The zero-order valence-electron chi connectivity index (χ0n) is 10.8. The summed E-state index contributed by atoms with van der Waals surface area (Å²) in [4.78, 5) is 2.28. The molecule has 0 bridgehead atoms. The maximum absolute atomic E-state index is 12.2. The molecule has 2 rings (SSSR count). The Labute approximate surface area is 130 Å². The number of aryl methyl sites for hydroxylation is 1. The largest absolute Gasteiger partial charge is 0.452 e. The van der Waals surface area contributed by atoms with Gasteiger partial charge in [-0.1, -0.05) is 6.92 Å². The highest BCUT2D eigenvalue weighted by Crippen LogP contribution is 2.26. The molecule has 2 heterocycles. The predicted octanol–water partition coefficient (Wildman–Crippen LogP) is 2.60. The van der Waals surface area contributed by atoms with Crippen molar-refractivity contribution >= 4 is 37.3 Å². The summed E-state index contributed by atoms with van der Waals surface area (Å²) >= 11 is 4.70. The predicted molar refractivity (Wildman–Crippen MR) is 82.0 cm³/mol. The van der Waals surface area contributed by atoms with Crippen molar-refractivity contribution in [2.24, 2.45) is 5.73 Å². The molecule has 2 aromatic heterocycles. The molecule has 5 nitrogen and oxygen atoms in total. The molecule has 0 aliphatic carbocycles. The minimum Gasteiger partial charge on any atom is -0.452 e. The molecule has 20 heavy (non-hydrogen) atoms. The topological polar surface area (TPSA) is 85.3 Å². The molecule has 0 radical (unpaired) electrons. The zero-order valence-corrected chi connectivity index (χ0v) is 14.1. The van der Waals surface area contributed by atoms with E-state index >= 15 is 0 Å². The highest BCUT2D eigenvalue weighted by molar-refractivity contribution is 9.10. The van der Waals surface area contributed by atoms with E-state index in [9.17, 15) is 8.42 Å². The maximum Gasteiger partial charge on any atom is 0.245 e. The van der Waals surface area contributed by atoms with E-state index in [2.05, 4.69) is 27.6 Å². The lowest BCUT2D eigenvalue weighted by atomic mass is 10.4. The number of sulfonamides is 1. The van der Waals surface area contributed by atoms with Gasteiger partial charge in [0.1, 0.15) is 10.7 Å². The third kappa shape index (κ3) is 3.50. The van der Waals surface area contributed by atoms with Crippen molar-refractivity contribution in [3.05, 3.63) is 38.4 Å². The van der Waals surface area contributed by atoms with Crippen molar-refractivity contribution in [1.29, 1.82) is 0 Å². The highest BCUT2D eigenvalue weighted by Gasteiger charge is 2.22. The summed E-state index contributed by atoms with van der Waals surface area (Å²) < 4.78 is 32.3. The normalized spacial score (nSPS) is 11.9. The summed E-state index contributed by atoms with van der Waals surface area (Å²) in [6.07, 6.45) is 0.949. The van der Waals surface area contributed by atoms with Crippen molar-refractivity contribution in [3.8, 4) is 0 Å². The van der Waals surface area contributed by atoms with Crippen LogP contribution in [-0.2, 0) is 29.5 Å². The summed E-state index contributed by atoms with van der Waals surface area (Å²) in [5, 5.41) is 0. The fourth-order valence-electron chi connectivity index (χ4n) is 1.63. The second-order valence-electron chi connectivity index (χ2n) is 4.10. The van der Waals surface area contributed by atoms with Crippen LogP contribution in [0, 0.1) is 0 Å². The lowest BCUT2D eigenvalue weighted by Gasteiger charge is -2.03.